The van der Waals surface area contributed by atoms with Gasteiger partial charge in [0.2, 0.25) is 0 Å². The summed E-state index contributed by atoms with van der Waals surface area (Å²) in [5.74, 6) is 2.56. The molecule has 0 amide bonds. The Bertz CT molecular complexity index is 657. The zero-order valence-electron chi connectivity index (χ0n) is 13.7. The monoisotopic (exact) mass is 352 g/mol. The minimum Gasteiger partial charge on any atom is -0.370 e. The Morgan fingerprint density at radius 3 is 2.48 bits per heavy atom. The van der Waals surface area contributed by atoms with Crippen LogP contribution in [-0.2, 0) is 6.42 Å². The summed E-state index contributed by atoms with van der Waals surface area (Å²) in [7, 11) is 0. The largest absolute Gasteiger partial charge is 0.370 e. The van der Waals surface area contributed by atoms with E-state index in [-0.39, 0.29) is 0 Å². The predicted octanol–water partition coefficient (Wildman–Crippen LogP) is 4.59. The van der Waals surface area contributed by atoms with E-state index in [1.165, 1.54) is 0 Å². The second kappa shape index (κ2) is 8.37. The van der Waals surface area contributed by atoms with Crippen LogP contribution in [0.25, 0.3) is 0 Å². The molecular weight excluding hydrogens is 331 g/mol. The molecule has 0 radical (unpaired) electrons. The SMILES string of the molecule is CCN(CC)c1cc(NCCc2ccc(Cl)cc2Cl)nc(C)n1. The van der Waals surface area contributed by atoms with Crippen LogP contribution in [0.5, 0.6) is 0 Å². The van der Waals surface area contributed by atoms with Crippen LogP contribution < -0.4 is 10.2 Å². The summed E-state index contributed by atoms with van der Waals surface area (Å²) in [6, 6.07) is 7.57. The third-order valence-corrected chi connectivity index (χ3v) is 4.21. The molecule has 0 fully saturated rings. The van der Waals surface area contributed by atoms with Crippen molar-refractivity contribution in [2.75, 3.05) is 29.9 Å². The molecule has 2 aromatic rings. The molecule has 124 valence electrons. The van der Waals surface area contributed by atoms with Crippen molar-refractivity contribution >= 4 is 34.8 Å². The second-order valence-electron chi connectivity index (χ2n) is 5.24. The van der Waals surface area contributed by atoms with Gasteiger partial charge in [0.05, 0.1) is 0 Å². The van der Waals surface area contributed by atoms with E-state index in [4.69, 9.17) is 23.2 Å². The number of hydrogen-bond donors (Lipinski definition) is 1. The van der Waals surface area contributed by atoms with Crippen LogP contribution in [0.2, 0.25) is 10.0 Å². The van der Waals surface area contributed by atoms with E-state index in [1.54, 1.807) is 6.07 Å². The zero-order chi connectivity index (χ0) is 16.8. The highest BCUT2D eigenvalue weighted by atomic mass is 35.5. The van der Waals surface area contributed by atoms with Crippen LogP contribution in [-0.4, -0.2) is 29.6 Å². The third-order valence-electron chi connectivity index (χ3n) is 3.63. The van der Waals surface area contributed by atoms with Crippen molar-refractivity contribution < 1.29 is 0 Å². The normalized spacial score (nSPS) is 10.7. The van der Waals surface area contributed by atoms with Gasteiger partial charge in [-0.1, -0.05) is 29.3 Å². The maximum atomic E-state index is 6.20. The summed E-state index contributed by atoms with van der Waals surface area (Å²) >= 11 is 12.1. The van der Waals surface area contributed by atoms with Crippen LogP contribution in [0, 0.1) is 6.92 Å². The number of hydrogen-bond acceptors (Lipinski definition) is 4. The van der Waals surface area contributed by atoms with E-state index >= 15 is 0 Å². The van der Waals surface area contributed by atoms with Crippen LogP contribution >= 0.6 is 23.2 Å². The Hall–Kier alpha value is -1.52. The summed E-state index contributed by atoms with van der Waals surface area (Å²) in [5.41, 5.74) is 1.07. The van der Waals surface area contributed by atoms with Gasteiger partial charge < -0.3 is 10.2 Å². The van der Waals surface area contributed by atoms with Gasteiger partial charge in [0.25, 0.3) is 0 Å². The Morgan fingerprint density at radius 2 is 1.83 bits per heavy atom. The molecule has 1 aromatic heterocycles. The molecule has 0 aliphatic carbocycles. The molecule has 0 aliphatic heterocycles. The Kier molecular flexibility index (Phi) is 6.48. The summed E-state index contributed by atoms with van der Waals surface area (Å²) in [6.45, 7) is 8.75. The maximum Gasteiger partial charge on any atom is 0.134 e. The number of benzene rings is 1. The molecule has 1 N–H and O–H groups in total. The molecule has 0 bridgehead atoms. The van der Waals surface area contributed by atoms with Crippen molar-refractivity contribution in [1.82, 2.24) is 9.97 Å². The van der Waals surface area contributed by atoms with Crippen LogP contribution in [0.3, 0.4) is 0 Å². The van der Waals surface area contributed by atoms with Crippen molar-refractivity contribution in [2.45, 2.75) is 27.2 Å². The first-order valence-electron chi connectivity index (χ1n) is 7.82. The van der Waals surface area contributed by atoms with Crippen LogP contribution in [0.15, 0.2) is 24.3 Å². The van der Waals surface area contributed by atoms with E-state index in [1.807, 2.05) is 25.1 Å². The van der Waals surface area contributed by atoms with Gasteiger partial charge >= 0.3 is 0 Å². The predicted molar refractivity (Wildman–Crippen MR) is 99.0 cm³/mol. The summed E-state index contributed by atoms with van der Waals surface area (Å²) in [6.07, 6.45) is 0.805. The van der Waals surface area contributed by atoms with Gasteiger partial charge in [-0.2, -0.15) is 0 Å². The molecule has 6 heteroatoms. The fraction of sp³-hybridized carbons (Fsp3) is 0.412. The van der Waals surface area contributed by atoms with Gasteiger partial charge in [-0.25, -0.2) is 9.97 Å². The molecule has 2 rings (SSSR count). The molecule has 23 heavy (non-hydrogen) atoms. The molecule has 0 aliphatic rings. The average Bonchev–Trinajstić information content (AvgIpc) is 2.50. The maximum absolute atomic E-state index is 6.20. The first-order valence-corrected chi connectivity index (χ1v) is 8.57. The first-order chi connectivity index (χ1) is 11.0. The lowest BCUT2D eigenvalue weighted by Crippen LogP contribution is -2.23. The Balaban J connectivity index is 2.02. The van der Waals surface area contributed by atoms with Gasteiger partial charge in [-0.15, -0.1) is 0 Å². The molecule has 0 unspecified atom stereocenters. The van der Waals surface area contributed by atoms with E-state index in [0.29, 0.717) is 10.0 Å². The molecular formula is C17H22Cl2N4. The highest BCUT2D eigenvalue weighted by Gasteiger charge is 2.07. The summed E-state index contributed by atoms with van der Waals surface area (Å²) in [5, 5.41) is 4.70. The van der Waals surface area contributed by atoms with Gasteiger partial charge in [-0.3, -0.25) is 0 Å². The molecule has 0 saturated heterocycles. The van der Waals surface area contributed by atoms with Crippen molar-refractivity contribution in [3.05, 3.63) is 45.7 Å². The van der Waals surface area contributed by atoms with Crippen molar-refractivity contribution in [1.29, 1.82) is 0 Å². The third kappa shape index (κ3) is 4.98. The molecule has 1 heterocycles. The van der Waals surface area contributed by atoms with Gasteiger partial charge in [0.1, 0.15) is 17.5 Å². The number of aromatic nitrogens is 2. The molecule has 4 nitrogen and oxygen atoms in total. The lowest BCUT2D eigenvalue weighted by Gasteiger charge is -2.20. The average molecular weight is 353 g/mol. The van der Waals surface area contributed by atoms with Crippen LogP contribution in [0.1, 0.15) is 25.2 Å². The second-order valence-corrected chi connectivity index (χ2v) is 6.09. The van der Waals surface area contributed by atoms with Gasteiger partial charge in [0, 0.05) is 35.7 Å². The smallest absolute Gasteiger partial charge is 0.134 e. The fourth-order valence-electron chi connectivity index (χ4n) is 2.40. The van der Waals surface area contributed by atoms with E-state index in [9.17, 15) is 0 Å². The Labute approximate surface area is 147 Å². The summed E-state index contributed by atoms with van der Waals surface area (Å²) in [4.78, 5) is 11.2. The molecule has 0 atom stereocenters. The van der Waals surface area contributed by atoms with Crippen molar-refractivity contribution in [2.24, 2.45) is 0 Å². The molecule has 0 spiro atoms. The summed E-state index contributed by atoms with van der Waals surface area (Å²) < 4.78 is 0. The topological polar surface area (TPSA) is 41.0 Å². The van der Waals surface area contributed by atoms with E-state index in [2.05, 4.69) is 34.0 Å². The van der Waals surface area contributed by atoms with Gasteiger partial charge in [0.15, 0.2) is 0 Å². The first kappa shape index (κ1) is 17.8. The highest BCUT2D eigenvalue weighted by molar-refractivity contribution is 6.35. The number of halogens is 2. The number of nitrogens with one attached hydrogen (secondary N) is 1. The lowest BCUT2D eigenvalue weighted by atomic mass is 10.1. The number of nitrogens with zero attached hydrogens (tertiary/aromatic N) is 3. The van der Waals surface area contributed by atoms with E-state index in [0.717, 1.165) is 49.1 Å². The van der Waals surface area contributed by atoms with Crippen molar-refractivity contribution in [3.63, 3.8) is 0 Å². The quantitative estimate of drug-likeness (QED) is 0.790. The minimum atomic E-state index is 0.655. The standard InChI is InChI=1S/C17H22Cl2N4/c1-4-23(5-2)17-11-16(21-12(3)22-17)20-9-8-13-6-7-14(18)10-15(13)19/h6-7,10-11H,4-5,8-9H2,1-3H3,(H,20,21,22). The van der Waals surface area contributed by atoms with Crippen molar-refractivity contribution in [3.8, 4) is 0 Å². The van der Waals surface area contributed by atoms with E-state index < -0.39 is 0 Å². The molecule has 1 aromatic carbocycles. The lowest BCUT2D eigenvalue weighted by molar-refractivity contribution is 0.833. The number of rotatable bonds is 7. The van der Waals surface area contributed by atoms with Crippen LogP contribution in [0.4, 0.5) is 11.6 Å². The molecule has 0 saturated carbocycles. The van der Waals surface area contributed by atoms with Gasteiger partial charge in [-0.05, 0) is 44.9 Å². The minimum absolute atomic E-state index is 0.655. The number of aryl methyl sites for hydroxylation is 1. The fourth-order valence-corrected chi connectivity index (χ4v) is 2.90. The Morgan fingerprint density at radius 1 is 1.09 bits per heavy atom. The number of anilines is 2. The highest BCUT2D eigenvalue weighted by Crippen LogP contribution is 2.21. The zero-order valence-corrected chi connectivity index (χ0v) is 15.2.